The van der Waals surface area contributed by atoms with Crippen LogP contribution in [0.15, 0.2) is 61.7 Å². The van der Waals surface area contributed by atoms with E-state index in [1.54, 1.807) is 0 Å². The summed E-state index contributed by atoms with van der Waals surface area (Å²) in [7, 11) is 0. The maximum absolute atomic E-state index is 12.0. The van der Waals surface area contributed by atoms with E-state index in [9.17, 15) is 4.79 Å². The Hall–Kier alpha value is -1.92. The largest absolute Gasteiger partial charge is 0.290 e. The van der Waals surface area contributed by atoms with Gasteiger partial charge in [-0.05, 0) is 82.0 Å². The Morgan fingerprint density at radius 2 is 1.67 bits per heavy atom. The van der Waals surface area contributed by atoms with Gasteiger partial charge in [0.1, 0.15) is 0 Å². The summed E-state index contributed by atoms with van der Waals surface area (Å²) in [5.41, 5.74) is 7.34. The monoisotopic (exact) mass is 430 g/mol. The topological polar surface area (TPSA) is 55.1 Å². The quantitative estimate of drug-likeness (QED) is 0.244. The molecule has 4 heteroatoms. The lowest BCUT2D eigenvalue weighted by molar-refractivity contribution is 0.0953. The van der Waals surface area contributed by atoms with Crippen LogP contribution in [0, 0.1) is 3.57 Å². The highest BCUT2D eigenvalue weighted by Gasteiger charge is 2.41. The van der Waals surface area contributed by atoms with Gasteiger partial charge in [-0.2, -0.15) is 0 Å². The average Bonchev–Trinajstić information content (AvgIpc) is 2.84. The van der Waals surface area contributed by atoms with E-state index in [4.69, 9.17) is 5.84 Å². The molecule has 0 atom stereocenters. The van der Waals surface area contributed by atoms with Gasteiger partial charge in [0.05, 0.1) is 0 Å². The Balaban J connectivity index is 2.32. The molecule has 24 heavy (non-hydrogen) atoms. The van der Waals surface area contributed by atoms with Gasteiger partial charge in [0, 0.05) is 14.5 Å². The van der Waals surface area contributed by atoms with Crippen LogP contribution in [-0.4, -0.2) is 5.91 Å². The standard InChI is InChI=1S/C20H19IN2O/c1-3-9-20(10-4-2)17-11-13(19(24)23-22)5-7-15(17)16-8-6-14(21)12-18(16)20/h3-8,11-12H,1-2,9-10,22H2,(H,23,24). The molecule has 0 saturated heterocycles. The summed E-state index contributed by atoms with van der Waals surface area (Å²) in [6.45, 7) is 7.92. The van der Waals surface area contributed by atoms with E-state index in [-0.39, 0.29) is 11.3 Å². The van der Waals surface area contributed by atoms with E-state index in [2.05, 4.69) is 59.4 Å². The molecule has 0 unspecified atom stereocenters. The number of benzene rings is 2. The number of amides is 1. The zero-order valence-corrected chi connectivity index (χ0v) is 15.5. The summed E-state index contributed by atoms with van der Waals surface area (Å²) < 4.78 is 1.19. The summed E-state index contributed by atoms with van der Waals surface area (Å²) in [6, 6.07) is 12.3. The Bertz CT molecular complexity index is 832. The molecule has 0 fully saturated rings. The van der Waals surface area contributed by atoms with Crippen LogP contribution in [0.1, 0.15) is 34.3 Å². The summed E-state index contributed by atoms with van der Waals surface area (Å²) in [4.78, 5) is 12.0. The molecule has 3 N–H and O–H groups in total. The van der Waals surface area contributed by atoms with Crippen molar-refractivity contribution in [1.82, 2.24) is 5.43 Å². The fourth-order valence-electron chi connectivity index (χ4n) is 3.71. The molecule has 0 heterocycles. The van der Waals surface area contributed by atoms with Crippen LogP contribution in [0.5, 0.6) is 0 Å². The van der Waals surface area contributed by atoms with Gasteiger partial charge in [-0.3, -0.25) is 10.2 Å². The van der Waals surface area contributed by atoms with E-state index in [1.807, 2.05) is 30.4 Å². The zero-order chi connectivity index (χ0) is 17.3. The van der Waals surface area contributed by atoms with Crippen molar-refractivity contribution in [3.63, 3.8) is 0 Å². The highest BCUT2D eigenvalue weighted by Crippen LogP contribution is 2.53. The van der Waals surface area contributed by atoms with Crippen molar-refractivity contribution in [2.75, 3.05) is 0 Å². The predicted molar refractivity (Wildman–Crippen MR) is 107 cm³/mol. The molecule has 3 rings (SSSR count). The number of nitrogen functional groups attached to an aromatic ring is 1. The molecule has 0 radical (unpaired) electrons. The first-order valence-corrected chi connectivity index (χ1v) is 8.83. The lowest BCUT2D eigenvalue weighted by Gasteiger charge is -2.30. The van der Waals surface area contributed by atoms with E-state index >= 15 is 0 Å². The fourth-order valence-corrected chi connectivity index (χ4v) is 4.20. The average molecular weight is 430 g/mol. The van der Waals surface area contributed by atoms with Crippen LogP contribution < -0.4 is 11.3 Å². The molecule has 3 nitrogen and oxygen atoms in total. The molecular weight excluding hydrogens is 411 g/mol. The van der Waals surface area contributed by atoms with Crippen LogP contribution in [0.3, 0.4) is 0 Å². The SMILES string of the molecule is C=CCC1(CC=C)c2cc(I)ccc2-c2ccc(C(=O)NN)cc21. The summed E-state index contributed by atoms with van der Waals surface area (Å²) in [6.07, 6.45) is 5.45. The maximum atomic E-state index is 12.0. The first-order chi connectivity index (χ1) is 11.6. The number of hydrazine groups is 1. The Morgan fingerprint density at radius 1 is 1.08 bits per heavy atom. The second-order valence-corrected chi connectivity index (χ2v) is 7.24. The van der Waals surface area contributed by atoms with Crippen molar-refractivity contribution < 1.29 is 4.79 Å². The third kappa shape index (κ3) is 2.50. The van der Waals surface area contributed by atoms with Gasteiger partial charge < -0.3 is 0 Å². The van der Waals surface area contributed by atoms with Crippen molar-refractivity contribution in [2.45, 2.75) is 18.3 Å². The van der Waals surface area contributed by atoms with Gasteiger partial charge in [0.25, 0.3) is 5.91 Å². The van der Waals surface area contributed by atoms with E-state index in [0.29, 0.717) is 5.56 Å². The minimum atomic E-state index is -0.283. The van der Waals surface area contributed by atoms with Gasteiger partial charge >= 0.3 is 0 Å². The first kappa shape index (κ1) is 16.9. The summed E-state index contributed by atoms with van der Waals surface area (Å²) in [5.74, 6) is 5.02. The van der Waals surface area contributed by atoms with Gasteiger partial charge in [0.15, 0.2) is 0 Å². The van der Waals surface area contributed by atoms with Gasteiger partial charge in [0.2, 0.25) is 0 Å². The normalized spacial score (nSPS) is 13.8. The van der Waals surface area contributed by atoms with E-state index in [0.717, 1.165) is 18.4 Å². The number of carbonyl (C=O) groups excluding carboxylic acids is 1. The Kier molecular flexibility index (Phi) is 4.60. The molecule has 1 aliphatic carbocycles. The predicted octanol–water partition coefficient (Wildman–Crippen LogP) is 4.31. The highest BCUT2D eigenvalue weighted by molar-refractivity contribution is 14.1. The zero-order valence-electron chi connectivity index (χ0n) is 13.3. The molecule has 1 amide bonds. The van der Waals surface area contributed by atoms with Crippen LogP contribution in [0.4, 0.5) is 0 Å². The molecule has 2 aromatic carbocycles. The molecule has 0 saturated carbocycles. The maximum Gasteiger partial charge on any atom is 0.265 e. The Morgan fingerprint density at radius 3 is 2.25 bits per heavy atom. The number of nitrogens with two attached hydrogens (primary N) is 1. The van der Waals surface area contributed by atoms with Gasteiger partial charge in [-0.25, -0.2) is 5.84 Å². The fraction of sp³-hybridized carbons (Fsp3) is 0.150. The van der Waals surface area contributed by atoms with Crippen molar-refractivity contribution in [3.05, 3.63) is 82.0 Å². The minimum Gasteiger partial charge on any atom is -0.290 e. The first-order valence-electron chi connectivity index (χ1n) is 7.75. The van der Waals surface area contributed by atoms with E-state index < -0.39 is 0 Å². The lowest BCUT2D eigenvalue weighted by atomic mass is 9.72. The van der Waals surface area contributed by atoms with Crippen molar-refractivity contribution in [1.29, 1.82) is 0 Å². The van der Waals surface area contributed by atoms with Gasteiger partial charge in [-0.15, -0.1) is 13.2 Å². The number of hydrogen-bond acceptors (Lipinski definition) is 2. The van der Waals surface area contributed by atoms with Crippen LogP contribution in [0.25, 0.3) is 11.1 Å². The molecule has 0 aromatic heterocycles. The number of halogens is 1. The third-order valence-electron chi connectivity index (χ3n) is 4.70. The van der Waals surface area contributed by atoms with E-state index in [1.165, 1.54) is 20.3 Å². The number of carbonyl (C=O) groups is 1. The molecule has 2 aromatic rings. The molecule has 0 aliphatic heterocycles. The number of allylic oxidation sites excluding steroid dienone is 2. The number of fused-ring (bicyclic) bond motifs is 3. The van der Waals surface area contributed by atoms with Gasteiger partial charge in [-0.1, -0.05) is 24.3 Å². The lowest BCUT2D eigenvalue weighted by Crippen LogP contribution is -2.30. The number of hydrogen-bond donors (Lipinski definition) is 2. The molecular formula is C20H19IN2O. The smallest absolute Gasteiger partial charge is 0.265 e. The van der Waals surface area contributed by atoms with Crippen molar-refractivity contribution in [3.8, 4) is 11.1 Å². The summed E-state index contributed by atoms with van der Waals surface area (Å²) in [5, 5.41) is 0. The second kappa shape index (κ2) is 6.53. The summed E-state index contributed by atoms with van der Waals surface area (Å²) >= 11 is 2.34. The van der Waals surface area contributed by atoms with Crippen molar-refractivity contribution >= 4 is 28.5 Å². The Labute approximate surface area is 155 Å². The molecule has 0 spiro atoms. The van der Waals surface area contributed by atoms with Crippen LogP contribution in [-0.2, 0) is 5.41 Å². The molecule has 122 valence electrons. The second-order valence-electron chi connectivity index (χ2n) is 5.99. The number of rotatable bonds is 5. The molecule has 0 bridgehead atoms. The van der Waals surface area contributed by atoms with Crippen molar-refractivity contribution in [2.24, 2.45) is 5.84 Å². The molecule has 1 aliphatic rings. The minimum absolute atomic E-state index is 0.236. The highest BCUT2D eigenvalue weighted by atomic mass is 127. The third-order valence-corrected chi connectivity index (χ3v) is 5.37. The van der Waals surface area contributed by atoms with Crippen LogP contribution in [0.2, 0.25) is 0 Å². The van der Waals surface area contributed by atoms with Crippen LogP contribution >= 0.6 is 22.6 Å². The number of nitrogens with one attached hydrogen (secondary N) is 1.